The molecule has 24 heavy (non-hydrogen) atoms. The van der Waals surface area contributed by atoms with Gasteiger partial charge >= 0.3 is 0 Å². The summed E-state index contributed by atoms with van der Waals surface area (Å²) in [6.07, 6.45) is 2.59. The fraction of sp³-hybridized carbons (Fsp3) is 0.632. The predicted octanol–water partition coefficient (Wildman–Crippen LogP) is 1.38. The molecule has 1 aromatic carbocycles. The molecule has 1 fully saturated rings. The third kappa shape index (κ3) is 4.71. The first-order chi connectivity index (χ1) is 11.7. The van der Waals surface area contributed by atoms with E-state index >= 15 is 0 Å². The van der Waals surface area contributed by atoms with Crippen molar-refractivity contribution in [2.45, 2.75) is 19.3 Å². The fourth-order valence-electron chi connectivity index (χ4n) is 3.45. The monoisotopic (exact) mass is 331 g/mol. The van der Waals surface area contributed by atoms with Crippen molar-refractivity contribution < 1.29 is 9.53 Å². The highest BCUT2D eigenvalue weighted by Gasteiger charge is 2.23. The SMILES string of the molecule is CN1CCN(CCCNC(=O)C2CCOc3ccccc3C2)CC1. The van der Waals surface area contributed by atoms with Crippen molar-refractivity contribution >= 4 is 5.91 Å². The minimum absolute atomic E-state index is 0.0253. The van der Waals surface area contributed by atoms with Crippen molar-refractivity contribution in [1.29, 1.82) is 0 Å². The molecule has 0 spiro atoms. The van der Waals surface area contributed by atoms with Crippen LogP contribution in [-0.4, -0.2) is 68.6 Å². The van der Waals surface area contributed by atoms with Crippen LogP contribution in [0.2, 0.25) is 0 Å². The van der Waals surface area contributed by atoms with Crippen molar-refractivity contribution in [3.05, 3.63) is 29.8 Å². The Hall–Kier alpha value is -1.59. The molecular formula is C19H29N3O2. The number of nitrogens with zero attached hydrogens (tertiary/aromatic N) is 2. The zero-order valence-corrected chi connectivity index (χ0v) is 14.7. The highest BCUT2D eigenvalue weighted by Crippen LogP contribution is 2.26. The average molecular weight is 331 g/mol. The van der Waals surface area contributed by atoms with E-state index in [1.807, 2.05) is 18.2 Å². The van der Waals surface area contributed by atoms with Gasteiger partial charge in [-0.15, -0.1) is 0 Å². The number of likely N-dealkylation sites (N-methyl/N-ethyl adjacent to an activating group) is 1. The minimum Gasteiger partial charge on any atom is -0.493 e. The molecule has 0 radical (unpaired) electrons. The van der Waals surface area contributed by atoms with Crippen molar-refractivity contribution in [1.82, 2.24) is 15.1 Å². The molecule has 0 saturated carbocycles. The quantitative estimate of drug-likeness (QED) is 0.828. The van der Waals surface area contributed by atoms with E-state index in [1.165, 1.54) is 0 Å². The van der Waals surface area contributed by atoms with Crippen molar-refractivity contribution in [2.75, 3.05) is 52.9 Å². The number of carbonyl (C=O) groups is 1. The summed E-state index contributed by atoms with van der Waals surface area (Å²) in [4.78, 5) is 17.3. The van der Waals surface area contributed by atoms with Gasteiger partial charge in [-0.3, -0.25) is 4.79 Å². The average Bonchev–Trinajstić information content (AvgIpc) is 2.82. The molecular weight excluding hydrogens is 302 g/mol. The highest BCUT2D eigenvalue weighted by atomic mass is 16.5. The van der Waals surface area contributed by atoms with Gasteiger partial charge in [0.05, 0.1) is 6.61 Å². The Bertz CT molecular complexity index is 541. The Morgan fingerprint density at radius 3 is 2.88 bits per heavy atom. The summed E-state index contributed by atoms with van der Waals surface area (Å²) >= 11 is 0. The van der Waals surface area contributed by atoms with Gasteiger partial charge < -0.3 is 19.9 Å². The first kappa shape index (κ1) is 17.2. The van der Waals surface area contributed by atoms with Crippen LogP contribution in [0.3, 0.4) is 0 Å². The number of para-hydroxylation sites is 1. The van der Waals surface area contributed by atoms with Gasteiger partial charge in [0.1, 0.15) is 5.75 Å². The number of nitrogens with one attached hydrogen (secondary N) is 1. The van der Waals surface area contributed by atoms with E-state index in [4.69, 9.17) is 4.74 Å². The Kier molecular flexibility index (Phi) is 6.10. The van der Waals surface area contributed by atoms with Gasteiger partial charge in [0.15, 0.2) is 0 Å². The Balaban J connectivity index is 1.39. The predicted molar refractivity (Wildman–Crippen MR) is 95.3 cm³/mol. The Labute approximate surface area is 145 Å². The maximum absolute atomic E-state index is 12.5. The maximum Gasteiger partial charge on any atom is 0.223 e. The van der Waals surface area contributed by atoms with E-state index < -0.39 is 0 Å². The molecule has 0 aromatic heterocycles. The van der Waals surface area contributed by atoms with Crippen molar-refractivity contribution in [3.63, 3.8) is 0 Å². The Morgan fingerprint density at radius 2 is 2.04 bits per heavy atom. The summed E-state index contributed by atoms with van der Waals surface area (Å²) in [5, 5.41) is 3.13. The molecule has 1 N–H and O–H groups in total. The van der Waals surface area contributed by atoms with Gasteiger partial charge in [0.25, 0.3) is 0 Å². The number of hydrogen-bond donors (Lipinski definition) is 1. The Morgan fingerprint density at radius 1 is 1.25 bits per heavy atom. The molecule has 1 saturated heterocycles. The number of hydrogen-bond acceptors (Lipinski definition) is 4. The summed E-state index contributed by atoms with van der Waals surface area (Å²) in [7, 11) is 2.17. The number of benzene rings is 1. The summed E-state index contributed by atoms with van der Waals surface area (Å²) in [6, 6.07) is 8.05. The smallest absolute Gasteiger partial charge is 0.223 e. The van der Waals surface area contributed by atoms with E-state index in [9.17, 15) is 4.79 Å². The van der Waals surface area contributed by atoms with Crippen LogP contribution in [0.4, 0.5) is 0 Å². The molecule has 1 aromatic rings. The number of carbonyl (C=O) groups excluding carboxylic acids is 1. The van der Waals surface area contributed by atoms with Crippen LogP contribution in [0, 0.1) is 5.92 Å². The molecule has 2 aliphatic rings. The zero-order valence-electron chi connectivity index (χ0n) is 14.7. The second-order valence-corrected chi connectivity index (χ2v) is 6.94. The lowest BCUT2D eigenvalue weighted by atomic mass is 9.96. The fourth-order valence-corrected chi connectivity index (χ4v) is 3.45. The normalized spacial score (nSPS) is 22.3. The van der Waals surface area contributed by atoms with Crippen LogP contribution < -0.4 is 10.1 Å². The molecule has 3 rings (SSSR count). The lowest BCUT2D eigenvalue weighted by molar-refractivity contribution is -0.125. The third-order valence-electron chi connectivity index (χ3n) is 5.08. The van der Waals surface area contributed by atoms with Crippen molar-refractivity contribution in [3.8, 4) is 5.75 Å². The van der Waals surface area contributed by atoms with Crippen LogP contribution in [0.5, 0.6) is 5.75 Å². The molecule has 0 aliphatic carbocycles. The molecule has 1 amide bonds. The molecule has 2 heterocycles. The number of rotatable bonds is 5. The van der Waals surface area contributed by atoms with E-state index in [0.29, 0.717) is 6.61 Å². The van der Waals surface area contributed by atoms with Crippen LogP contribution in [0.25, 0.3) is 0 Å². The van der Waals surface area contributed by atoms with Crippen LogP contribution in [-0.2, 0) is 11.2 Å². The van der Waals surface area contributed by atoms with E-state index in [2.05, 4.69) is 28.2 Å². The van der Waals surface area contributed by atoms with E-state index in [0.717, 1.165) is 69.8 Å². The van der Waals surface area contributed by atoms with Gasteiger partial charge in [0.2, 0.25) is 5.91 Å². The number of ether oxygens (including phenoxy) is 1. The summed E-state index contributed by atoms with van der Waals surface area (Å²) in [6.45, 7) is 7.04. The highest BCUT2D eigenvalue weighted by molar-refractivity contribution is 5.79. The molecule has 132 valence electrons. The summed E-state index contributed by atoms with van der Waals surface area (Å²) in [5.41, 5.74) is 1.15. The third-order valence-corrected chi connectivity index (χ3v) is 5.08. The lowest BCUT2D eigenvalue weighted by Gasteiger charge is -2.32. The maximum atomic E-state index is 12.5. The molecule has 2 aliphatic heterocycles. The standard InChI is InChI=1S/C19H29N3O2/c1-21-10-12-22(13-11-21)9-4-8-20-19(23)17-7-14-24-18-6-3-2-5-16(18)15-17/h2-3,5-6,17H,4,7-15H2,1H3,(H,20,23). The van der Waals surface area contributed by atoms with Crippen molar-refractivity contribution in [2.24, 2.45) is 5.92 Å². The molecule has 1 atom stereocenters. The van der Waals surface area contributed by atoms with Gasteiger partial charge in [-0.1, -0.05) is 18.2 Å². The topological polar surface area (TPSA) is 44.8 Å². The van der Waals surface area contributed by atoms with Crippen LogP contribution >= 0.6 is 0 Å². The number of amides is 1. The largest absolute Gasteiger partial charge is 0.493 e. The van der Waals surface area contributed by atoms with E-state index in [1.54, 1.807) is 0 Å². The molecule has 0 bridgehead atoms. The number of fused-ring (bicyclic) bond motifs is 1. The van der Waals surface area contributed by atoms with E-state index in [-0.39, 0.29) is 11.8 Å². The van der Waals surface area contributed by atoms with Crippen LogP contribution in [0.1, 0.15) is 18.4 Å². The summed E-state index contributed by atoms with van der Waals surface area (Å²) < 4.78 is 5.75. The zero-order chi connectivity index (χ0) is 16.8. The summed E-state index contributed by atoms with van der Waals surface area (Å²) in [5.74, 6) is 1.13. The second-order valence-electron chi connectivity index (χ2n) is 6.94. The molecule has 1 unspecified atom stereocenters. The minimum atomic E-state index is 0.0253. The van der Waals surface area contributed by atoms with Crippen LogP contribution in [0.15, 0.2) is 24.3 Å². The van der Waals surface area contributed by atoms with Gasteiger partial charge in [-0.25, -0.2) is 0 Å². The first-order valence-electron chi connectivity index (χ1n) is 9.11. The van der Waals surface area contributed by atoms with Gasteiger partial charge in [0, 0.05) is 38.6 Å². The van der Waals surface area contributed by atoms with Gasteiger partial charge in [-0.2, -0.15) is 0 Å². The number of piperazine rings is 1. The molecule has 5 nitrogen and oxygen atoms in total. The lowest BCUT2D eigenvalue weighted by Crippen LogP contribution is -2.45. The first-order valence-corrected chi connectivity index (χ1v) is 9.11. The van der Waals surface area contributed by atoms with Gasteiger partial charge in [-0.05, 0) is 44.5 Å². The molecule has 5 heteroatoms. The second kappa shape index (κ2) is 8.49.